The minimum absolute atomic E-state index is 0.0448. The Labute approximate surface area is 101 Å². The zero-order valence-corrected chi connectivity index (χ0v) is 10.1. The molecule has 0 aromatic heterocycles. The molecule has 1 heterocycles. The van der Waals surface area contributed by atoms with Gasteiger partial charge < -0.3 is 15.4 Å². The number of hydrogen-bond donors (Lipinski definition) is 1. The molecule has 0 aliphatic carbocycles. The Kier molecular flexibility index (Phi) is 3.52. The molecule has 1 aromatic rings. The molecule has 4 nitrogen and oxygen atoms in total. The lowest BCUT2D eigenvalue weighted by Crippen LogP contribution is -2.32. The molecule has 0 saturated carbocycles. The van der Waals surface area contributed by atoms with Gasteiger partial charge in [0.05, 0.1) is 5.69 Å². The van der Waals surface area contributed by atoms with E-state index in [4.69, 9.17) is 10.5 Å². The van der Waals surface area contributed by atoms with E-state index in [1.807, 2.05) is 24.0 Å². The number of rotatable bonds is 3. The average Bonchev–Trinajstić information content (AvgIpc) is 2.84. The van der Waals surface area contributed by atoms with Crippen molar-refractivity contribution in [2.24, 2.45) is 0 Å². The second-order valence-corrected chi connectivity index (χ2v) is 4.36. The highest BCUT2D eigenvalue weighted by molar-refractivity contribution is 5.78. The van der Waals surface area contributed by atoms with E-state index in [-0.39, 0.29) is 12.5 Å². The molecule has 1 fully saturated rings. The lowest BCUT2D eigenvalue weighted by atomic mass is 10.2. The summed E-state index contributed by atoms with van der Waals surface area (Å²) in [6, 6.07) is 5.59. The number of ether oxygens (including phenoxy) is 1. The molecule has 0 atom stereocenters. The van der Waals surface area contributed by atoms with E-state index in [0.29, 0.717) is 11.4 Å². The number of aryl methyl sites for hydroxylation is 1. The van der Waals surface area contributed by atoms with Crippen molar-refractivity contribution >= 4 is 11.6 Å². The number of carbonyl (C=O) groups excluding carboxylic acids is 1. The maximum Gasteiger partial charge on any atom is 0.260 e. The zero-order valence-electron chi connectivity index (χ0n) is 10.1. The minimum Gasteiger partial charge on any atom is -0.482 e. The van der Waals surface area contributed by atoms with Crippen molar-refractivity contribution in [3.63, 3.8) is 0 Å². The van der Waals surface area contributed by atoms with Gasteiger partial charge in [-0.3, -0.25) is 4.79 Å². The SMILES string of the molecule is Cc1cccc(OCC(=O)N2CCCC2)c1N. The first kappa shape index (κ1) is 11.8. The monoisotopic (exact) mass is 234 g/mol. The van der Waals surface area contributed by atoms with Gasteiger partial charge in [-0.15, -0.1) is 0 Å². The first-order valence-corrected chi connectivity index (χ1v) is 5.94. The third-order valence-electron chi connectivity index (χ3n) is 3.09. The summed E-state index contributed by atoms with van der Waals surface area (Å²) in [5.41, 5.74) is 7.45. The Hall–Kier alpha value is -1.71. The fourth-order valence-corrected chi connectivity index (χ4v) is 1.98. The Morgan fingerprint density at radius 3 is 2.82 bits per heavy atom. The van der Waals surface area contributed by atoms with Crippen molar-refractivity contribution in [2.75, 3.05) is 25.4 Å². The van der Waals surface area contributed by atoms with Gasteiger partial charge in [-0.2, -0.15) is 0 Å². The van der Waals surface area contributed by atoms with E-state index in [1.165, 1.54) is 0 Å². The van der Waals surface area contributed by atoms with Crippen LogP contribution in [0.4, 0.5) is 5.69 Å². The Morgan fingerprint density at radius 2 is 2.12 bits per heavy atom. The van der Waals surface area contributed by atoms with Gasteiger partial charge in [0.25, 0.3) is 5.91 Å². The van der Waals surface area contributed by atoms with Crippen molar-refractivity contribution in [2.45, 2.75) is 19.8 Å². The molecule has 0 unspecified atom stereocenters. The highest BCUT2D eigenvalue weighted by Crippen LogP contribution is 2.24. The number of likely N-dealkylation sites (tertiary alicyclic amines) is 1. The normalized spacial score (nSPS) is 15.0. The summed E-state index contributed by atoms with van der Waals surface area (Å²) in [5, 5.41) is 0. The second kappa shape index (κ2) is 5.08. The largest absolute Gasteiger partial charge is 0.482 e. The van der Waals surface area contributed by atoms with Crippen LogP contribution in [0.25, 0.3) is 0 Å². The molecule has 0 radical (unpaired) electrons. The summed E-state index contributed by atoms with van der Waals surface area (Å²) in [7, 11) is 0. The molecule has 17 heavy (non-hydrogen) atoms. The molecule has 0 bridgehead atoms. The summed E-state index contributed by atoms with van der Waals surface area (Å²) >= 11 is 0. The van der Waals surface area contributed by atoms with E-state index in [1.54, 1.807) is 6.07 Å². The van der Waals surface area contributed by atoms with Crippen LogP contribution in [0.5, 0.6) is 5.75 Å². The van der Waals surface area contributed by atoms with E-state index >= 15 is 0 Å². The van der Waals surface area contributed by atoms with Crippen LogP contribution in [-0.4, -0.2) is 30.5 Å². The van der Waals surface area contributed by atoms with Gasteiger partial charge >= 0.3 is 0 Å². The molecule has 0 spiro atoms. The topological polar surface area (TPSA) is 55.6 Å². The number of para-hydroxylation sites is 1. The number of amides is 1. The minimum atomic E-state index is 0.0448. The lowest BCUT2D eigenvalue weighted by molar-refractivity contribution is -0.132. The van der Waals surface area contributed by atoms with Crippen LogP contribution in [-0.2, 0) is 4.79 Å². The maximum atomic E-state index is 11.8. The first-order chi connectivity index (χ1) is 8.18. The quantitative estimate of drug-likeness (QED) is 0.808. The van der Waals surface area contributed by atoms with Crippen molar-refractivity contribution in [3.8, 4) is 5.75 Å². The van der Waals surface area contributed by atoms with E-state index in [0.717, 1.165) is 31.5 Å². The molecule has 1 aliphatic heterocycles. The number of benzene rings is 1. The van der Waals surface area contributed by atoms with Crippen molar-refractivity contribution in [1.29, 1.82) is 0 Å². The third kappa shape index (κ3) is 2.70. The molecule has 1 saturated heterocycles. The lowest BCUT2D eigenvalue weighted by Gasteiger charge is -2.16. The maximum absolute atomic E-state index is 11.8. The number of nitrogen functional groups attached to an aromatic ring is 1. The number of anilines is 1. The van der Waals surface area contributed by atoms with Gasteiger partial charge in [0.1, 0.15) is 5.75 Å². The Bertz CT molecular complexity index is 412. The molecular formula is C13H18N2O2. The number of carbonyl (C=O) groups is 1. The molecule has 2 N–H and O–H groups in total. The van der Waals surface area contributed by atoms with Crippen molar-refractivity contribution in [1.82, 2.24) is 4.90 Å². The van der Waals surface area contributed by atoms with Crippen LogP contribution in [0.3, 0.4) is 0 Å². The predicted molar refractivity (Wildman–Crippen MR) is 66.9 cm³/mol. The predicted octanol–water partition coefficient (Wildman–Crippen LogP) is 1.58. The zero-order chi connectivity index (χ0) is 12.3. The van der Waals surface area contributed by atoms with Gasteiger partial charge in [-0.05, 0) is 31.4 Å². The highest BCUT2D eigenvalue weighted by atomic mass is 16.5. The summed E-state index contributed by atoms with van der Waals surface area (Å²) in [6.45, 7) is 3.70. The Morgan fingerprint density at radius 1 is 1.41 bits per heavy atom. The molecule has 1 amide bonds. The van der Waals surface area contributed by atoms with Crippen LogP contribution < -0.4 is 10.5 Å². The summed E-state index contributed by atoms with van der Waals surface area (Å²) in [5.74, 6) is 0.640. The fraction of sp³-hybridized carbons (Fsp3) is 0.462. The van der Waals surface area contributed by atoms with Gasteiger partial charge in [0.2, 0.25) is 0 Å². The third-order valence-corrected chi connectivity index (χ3v) is 3.09. The smallest absolute Gasteiger partial charge is 0.260 e. The van der Waals surface area contributed by atoms with Gasteiger partial charge in [-0.1, -0.05) is 12.1 Å². The van der Waals surface area contributed by atoms with Gasteiger partial charge in [0, 0.05) is 13.1 Å². The number of nitrogens with zero attached hydrogens (tertiary/aromatic N) is 1. The van der Waals surface area contributed by atoms with Crippen LogP contribution in [0, 0.1) is 6.92 Å². The van der Waals surface area contributed by atoms with E-state index in [9.17, 15) is 4.79 Å². The summed E-state index contributed by atoms with van der Waals surface area (Å²) < 4.78 is 5.48. The van der Waals surface area contributed by atoms with Gasteiger partial charge in [0.15, 0.2) is 6.61 Å². The molecule has 1 aliphatic rings. The Balaban J connectivity index is 1.93. The molecule has 4 heteroatoms. The summed E-state index contributed by atoms with van der Waals surface area (Å²) in [6.07, 6.45) is 2.19. The highest BCUT2D eigenvalue weighted by Gasteiger charge is 2.18. The van der Waals surface area contributed by atoms with Crippen LogP contribution >= 0.6 is 0 Å². The number of nitrogens with two attached hydrogens (primary N) is 1. The van der Waals surface area contributed by atoms with E-state index in [2.05, 4.69) is 0 Å². The van der Waals surface area contributed by atoms with Crippen molar-refractivity contribution in [3.05, 3.63) is 23.8 Å². The molecule has 1 aromatic carbocycles. The van der Waals surface area contributed by atoms with Crippen LogP contribution in [0.2, 0.25) is 0 Å². The standard InChI is InChI=1S/C13H18N2O2/c1-10-5-4-6-11(13(10)14)17-9-12(16)15-7-2-3-8-15/h4-6H,2-3,7-9,14H2,1H3. The van der Waals surface area contributed by atoms with E-state index < -0.39 is 0 Å². The first-order valence-electron chi connectivity index (χ1n) is 5.94. The molecular weight excluding hydrogens is 216 g/mol. The van der Waals surface area contributed by atoms with Crippen molar-refractivity contribution < 1.29 is 9.53 Å². The average molecular weight is 234 g/mol. The van der Waals surface area contributed by atoms with Crippen LogP contribution in [0.15, 0.2) is 18.2 Å². The fourth-order valence-electron chi connectivity index (χ4n) is 1.98. The molecule has 2 rings (SSSR count). The second-order valence-electron chi connectivity index (χ2n) is 4.36. The molecule has 92 valence electrons. The number of hydrogen-bond acceptors (Lipinski definition) is 3. The summed E-state index contributed by atoms with van der Waals surface area (Å²) in [4.78, 5) is 13.6. The van der Waals surface area contributed by atoms with Crippen LogP contribution in [0.1, 0.15) is 18.4 Å². The van der Waals surface area contributed by atoms with Gasteiger partial charge in [-0.25, -0.2) is 0 Å².